The lowest BCUT2D eigenvalue weighted by atomic mass is 9.90. The molecule has 1 aliphatic rings. The zero-order valence-electron chi connectivity index (χ0n) is 17.3. The predicted octanol–water partition coefficient (Wildman–Crippen LogP) is 5.45. The number of ether oxygens (including phenoxy) is 1. The van der Waals surface area contributed by atoms with Crippen LogP contribution in [0, 0.1) is 0 Å². The van der Waals surface area contributed by atoms with Crippen LogP contribution in [-0.4, -0.2) is 29.5 Å². The molecule has 7 heteroatoms. The molecule has 2 amide bonds. The van der Waals surface area contributed by atoms with E-state index in [4.69, 9.17) is 27.9 Å². The second-order valence-corrected chi connectivity index (χ2v) is 8.33. The van der Waals surface area contributed by atoms with E-state index in [0.29, 0.717) is 29.3 Å². The maximum atomic E-state index is 13.5. The van der Waals surface area contributed by atoms with Gasteiger partial charge < -0.3 is 15.0 Å². The summed E-state index contributed by atoms with van der Waals surface area (Å²) in [4.78, 5) is 26.7. The monoisotopic (exact) mass is 460 g/mol. The molecule has 1 saturated heterocycles. The number of carbonyl (C=O) groups excluding carboxylic acids is 2. The summed E-state index contributed by atoms with van der Waals surface area (Å²) in [5.41, 5.74) is 1.70. The Morgan fingerprint density at radius 3 is 2.52 bits per heavy atom. The van der Waals surface area contributed by atoms with E-state index in [0.717, 1.165) is 17.5 Å². The van der Waals surface area contributed by atoms with Crippen molar-refractivity contribution in [2.45, 2.75) is 50.6 Å². The van der Waals surface area contributed by atoms with E-state index < -0.39 is 24.4 Å². The fourth-order valence-electron chi connectivity index (χ4n) is 4.01. The molecule has 0 aliphatic carbocycles. The topological polar surface area (TPSA) is 58.6 Å². The smallest absolute Gasteiger partial charge is 0.254 e. The number of benzene rings is 2. The molecule has 1 fully saturated rings. The Hall–Kier alpha value is -2.34. The fourth-order valence-corrected chi connectivity index (χ4v) is 4.33. The molecule has 0 bridgehead atoms. The summed E-state index contributed by atoms with van der Waals surface area (Å²) >= 11 is 12.4. The van der Waals surface area contributed by atoms with Gasteiger partial charge in [0.2, 0.25) is 6.41 Å². The van der Waals surface area contributed by atoms with Crippen molar-refractivity contribution in [3.05, 3.63) is 82.4 Å². The molecule has 1 heterocycles. The van der Waals surface area contributed by atoms with Crippen LogP contribution in [0.2, 0.25) is 10.0 Å². The van der Waals surface area contributed by atoms with E-state index in [1.165, 1.54) is 0 Å². The van der Waals surface area contributed by atoms with Crippen LogP contribution in [0.4, 0.5) is 0 Å². The number of carbonyl (C=O) groups is 2. The summed E-state index contributed by atoms with van der Waals surface area (Å²) in [6, 6.07) is 14.3. The van der Waals surface area contributed by atoms with Gasteiger partial charge in [0.15, 0.2) is 0 Å². The molecule has 164 valence electrons. The number of morpholine rings is 1. The molecule has 1 N–H and O–H groups in total. The second-order valence-electron chi connectivity index (χ2n) is 7.46. The van der Waals surface area contributed by atoms with Crippen LogP contribution in [-0.2, 0) is 14.3 Å². The summed E-state index contributed by atoms with van der Waals surface area (Å²) in [5, 5.41) is 4.01. The van der Waals surface area contributed by atoms with E-state index in [9.17, 15) is 9.59 Å². The van der Waals surface area contributed by atoms with Gasteiger partial charge in [-0.2, -0.15) is 0 Å². The van der Waals surface area contributed by atoms with E-state index >= 15 is 0 Å². The zero-order valence-corrected chi connectivity index (χ0v) is 18.9. The average Bonchev–Trinajstić information content (AvgIpc) is 2.75. The van der Waals surface area contributed by atoms with Gasteiger partial charge in [0.25, 0.3) is 5.91 Å². The van der Waals surface area contributed by atoms with Gasteiger partial charge in [0, 0.05) is 16.5 Å². The normalized spacial score (nSPS) is 22.1. The van der Waals surface area contributed by atoms with Gasteiger partial charge in [-0.3, -0.25) is 9.59 Å². The van der Waals surface area contributed by atoms with Gasteiger partial charge in [0.05, 0.1) is 6.04 Å². The molecule has 0 radical (unpaired) electrons. The van der Waals surface area contributed by atoms with Crippen molar-refractivity contribution in [3.63, 3.8) is 0 Å². The molecule has 1 aliphatic heterocycles. The molecule has 5 nitrogen and oxygen atoms in total. The van der Waals surface area contributed by atoms with Crippen molar-refractivity contribution in [3.8, 4) is 0 Å². The van der Waals surface area contributed by atoms with Gasteiger partial charge >= 0.3 is 0 Å². The Balaban J connectivity index is 2.17. The third-order valence-electron chi connectivity index (χ3n) is 5.36. The average molecular weight is 461 g/mol. The lowest BCUT2D eigenvalue weighted by molar-refractivity contribution is -0.180. The molecular formula is C24H26Cl2N2O3. The van der Waals surface area contributed by atoms with E-state index in [2.05, 4.69) is 11.9 Å². The van der Waals surface area contributed by atoms with Crippen LogP contribution in [0.5, 0.6) is 0 Å². The molecule has 3 rings (SSSR count). The minimum Gasteiger partial charge on any atom is -0.358 e. The Morgan fingerprint density at radius 2 is 1.90 bits per heavy atom. The van der Waals surface area contributed by atoms with Crippen LogP contribution in [0.1, 0.15) is 49.5 Å². The van der Waals surface area contributed by atoms with Crippen molar-refractivity contribution < 1.29 is 14.3 Å². The molecule has 0 unspecified atom stereocenters. The first-order valence-electron chi connectivity index (χ1n) is 10.3. The molecule has 0 spiro atoms. The number of nitrogens with one attached hydrogen (secondary N) is 1. The molecular weight excluding hydrogens is 435 g/mol. The largest absolute Gasteiger partial charge is 0.358 e. The summed E-state index contributed by atoms with van der Waals surface area (Å²) in [6.45, 7) is 5.78. The van der Waals surface area contributed by atoms with Crippen LogP contribution in [0.3, 0.4) is 0 Å². The number of hydrogen-bond donors (Lipinski definition) is 1. The van der Waals surface area contributed by atoms with Crippen molar-refractivity contribution in [2.24, 2.45) is 0 Å². The summed E-state index contributed by atoms with van der Waals surface area (Å²) in [5.74, 6) is -0.189. The molecule has 2 aromatic carbocycles. The van der Waals surface area contributed by atoms with Crippen molar-refractivity contribution in [1.82, 2.24) is 10.2 Å². The lowest BCUT2D eigenvalue weighted by Gasteiger charge is -2.48. The van der Waals surface area contributed by atoms with Gasteiger partial charge in [-0.1, -0.05) is 66.9 Å². The second kappa shape index (κ2) is 10.8. The van der Waals surface area contributed by atoms with Crippen LogP contribution in [0.25, 0.3) is 0 Å². The molecule has 31 heavy (non-hydrogen) atoms. The van der Waals surface area contributed by atoms with Crippen LogP contribution >= 0.6 is 23.2 Å². The highest BCUT2D eigenvalue weighted by atomic mass is 35.5. The zero-order chi connectivity index (χ0) is 22.4. The lowest BCUT2D eigenvalue weighted by Crippen LogP contribution is -2.58. The highest BCUT2D eigenvalue weighted by molar-refractivity contribution is 6.30. The summed E-state index contributed by atoms with van der Waals surface area (Å²) < 4.78 is 6.34. The number of hydrogen-bond acceptors (Lipinski definition) is 3. The Kier molecular flexibility index (Phi) is 8.13. The Morgan fingerprint density at radius 1 is 1.16 bits per heavy atom. The maximum absolute atomic E-state index is 13.5. The highest BCUT2D eigenvalue weighted by Gasteiger charge is 2.46. The summed E-state index contributed by atoms with van der Waals surface area (Å²) in [7, 11) is 0. The Bertz CT molecular complexity index is 919. The third-order valence-corrected chi connectivity index (χ3v) is 5.84. The first-order valence-corrected chi connectivity index (χ1v) is 11.0. The molecule has 0 saturated carbocycles. The number of rotatable bonds is 9. The third kappa shape index (κ3) is 5.29. The predicted molar refractivity (Wildman–Crippen MR) is 123 cm³/mol. The van der Waals surface area contributed by atoms with Gasteiger partial charge in [-0.15, -0.1) is 6.58 Å². The fraction of sp³-hybridized carbons (Fsp3) is 0.333. The summed E-state index contributed by atoms with van der Waals surface area (Å²) in [6.07, 6.45) is 2.38. The standard InChI is InChI=1S/C24H26Cl2N2O3/c1-3-6-20-24(30)28(21(7-4-2)27-15-29)22(16-10-12-18(25)13-11-16)23(31-20)17-8-5-9-19(26)14-17/h3,5,8-15,20-23H,1,4,6-7H2,2H3,(H,27,29)/t20-,21-,22+,23-/m0/s1. The van der Waals surface area contributed by atoms with E-state index in [-0.39, 0.29) is 5.91 Å². The molecule has 2 aromatic rings. The minimum atomic E-state index is -0.710. The minimum absolute atomic E-state index is 0.189. The first-order chi connectivity index (χ1) is 15.0. The maximum Gasteiger partial charge on any atom is 0.254 e. The Labute approximate surface area is 193 Å². The van der Waals surface area contributed by atoms with Crippen LogP contribution in [0.15, 0.2) is 61.2 Å². The highest BCUT2D eigenvalue weighted by Crippen LogP contribution is 2.44. The number of nitrogens with zero attached hydrogens (tertiary/aromatic N) is 1. The van der Waals surface area contributed by atoms with Gasteiger partial charge in [0.1, 0.15) is 18.4 Å². The number of amides is 2. The molecule has 4 atom stereocenters. The van der Waals surface area contributed by atoms with E-state index in [1.54, 1.807) is 29.2 Å². The first kappa shape index (κ1) is 23.3. The van der Waals surface area contributed by atoms with Gasteiger partial charge in [-0.25, -0.2) is 0 Å². The van der Waals surface area contributed by atoms with Crippen molar-refractivity contribution >= 4 is 35.5 Å². The van der Waals surface area contributed by atoms with Crippen molar-refractivity contribution in [1.29, 1.82) is 0 Å². The molecule has 0 aromatic heterocycles. The van der Waals surface area contributed by atoms with Crippen molar-refractivity contribution in [2.75, 3.05) is 0 Å². The quantitative estimate of drug-likeness (QED) is 0.399. The van der Waals surface area contributed by atoms with Gasteiger partial charge in [-0.05, 0) is 41.8 Å². The number of halogens is 2. The van der Waals surface area contributed by atoms with E-state index in [1.807, 2.05) is 37.3 Å². The SMILES string of the molecule is C=CC[C@@H]1O[C@@H](c2cccc(Cl)c2)[C@@H](c2ccc(Cl)cc2)N([C@@H](CCC)NC=O)C1=O. The van der Waals surface area contributed by atoms with Crippen LogP contribution < -0.4 is 5.32 Å².